The van der Waals surface area contributed by atoms with Crippen molar-refractivity contribution in [3.05, 3.63) is 23.5 Å². The Morgan fingerprint density at radius 3 is 2.47 bits per heavy atom. The first kappa shape index (κ1) is 13.3. The molecular weight excluding hydrogens is 227 g/mol. The molecule has 0 radical (unpaired) electrons. The van der Waals surface area contributed by atoms with Crippen LogP contribution in [-0.4, -0.2) is 24.3 Å². The van der Waals surface area contributed by atoms with Crippen LogP contribution in [0.15, 0.2) is 12.1 Å². The molecule has 94 valence electrons. The lowest BCUT2D eigenvalue weighted by atomic mass is 10.2. The van der Waals surface area contributed by atoms with Crippen LogP contribution in [0.2, 0.25) is 0 Å². The Morgan fingerprint density at radius 2 is 1.94 bits per heavy atom. The van der Waals surface area contributed by atoms with Gasteiger partial charge >= 0.3 is 5.97 Å². The van der Waals surface area contributed by atoms with Gasteiger partial charge in [0.15, 0.2) is 11.5 Å². The highest BCUT2D eigenvalue weighted by atomic mass is 19.1. The van der Waals surface area contributed by atoms with Crippen molar-refractivity contribution in [3.8, 4) is 11.5 Å². The molecule has 0 heterocycles. The molecule has 0 atom stereocenters. The van der Waals surface area contributed by atoms with E-state index in [-0.39, 0.29) is 11.5 Å². The fraction of sp³-hybridized carbons (Fsp3) is 0.417. The average molecular weight is 242 g/mol. The predicted octanol–water partition coefficient (Wildman–Crippen LogP) is 2.71. The summed E-state index contributed by atoms with van der Waals surface area (Å²) in [7, 11) is 0. The number of benzene rings is 1. The Balaban J connectivity index is 3.11. The van der Waals surface area contributed by atoms with Crippen LogP contribution in [0.1, 0.15) is 30.6 Å². The minimum absolute atomic E-state index is 0.225. The third-order valence-corrected chi connectivity index (χ3v) is 2.03. The highest BCUT2D eigenvalue weighted by molar-refractivity contribution is 5.88. The molecular formula is C12H15FO4. The van der Waals surface area contributed by atoms with Crippen molar-refractivity contribution in [2.24, 2.45) is 0 Å². The van der Waals surface area contributed by atoms with Gasteiger partial charge in [0.25, 0.3) is 0 Å². The van der Waals surface area contributed by atoms with E-state index in [1.54, 1.807) is 6.92 Å². The monoisotopic (exact) mass is 242 g/mol. The normalized spacial score (nSPS) is 10.1. The van der Waals surface area contributed by atoms with Crippen LogP contribution >= 0.6 is 0 Å². The molecule has 0 saturated heterocycles. The van der Waals surface area contributed by atoms with Crippen molar-refractivity contribution in [1.29, 1.82) is 0 Å². The SMILES string of the molecule is CCCOc1cc(C(=O)O)c(F)cc1OCC. The summed E-state index contributed by atoms with van der Waals surface area (Å²) in [6.45, 7) is 4.45. The topological polar surface area (TPSA) is 55.8 Å². The van der Waals surface area contributed by atoms with Crippen molar-refractivity contribution in [2.45, 2.75) is 20.3 Å². The Bertz CT molecular complexity index is 404. The number of hydrogen-bond donors (Lipinski definition) is 1. The largest absolute Gasteiger partial charge is 0.490 e. The van der Waals surface area contributed by atoms with Crippen LogP contribution in [0.25, 0.3) is 0 Å². The summed E-state index contributed by atoms with van der Waals surface area (Å²) in [6, 6.07) is 2.19. The molecule has 0 saturated carbocycles. The first-order valence-electron chi connectivity index (χ1n) is 5.42. The third kappa shape index (κ3) is 3.34. The van der Waals surface area contributed by atoms with E-state index in [9.17, 15) is 9.18 Å². The maximum Gasteiger partial charge on any atom is 0.338 e. The predicted molar refractivity (Wildman–Crippen MR) is 60.3 cm³/mol. The number of carbonyl (C=O) groups is 1. The average Bonchev–Trinajstić information content (AvgIpc) is 2.28. The fourth-order valence-corrected chi connectivity index (χ4v) is 1.29. The van der Waals surface area contributed by atoms with Crippen molar-refractivity contribution in [3.63, 3.8) is 0 Å². The Labute approximate surface area is 99.0 Å². The van der Waals surface area contributed by atoms with Crippen LogP contribution in [0.3, 0.4) is 0 Å². The minimum Gasteiger partial charge on any atom is -0.490 e. The molecule has 0 aliphatic heterocycles. The zero-order chi connectivity index (χ0) is 12.8. The zero-order valence-corrected chi connectivity index (χ0v) is 9.83. The molecule has 0 spiro atoms. The zero-order valence-electron chi connectivity index (χ0n) is 9.83. The number of halogens is 1. The fourth-order valence-electron chi connectivity index (χ4n) is 1.29. The highest BCUT2D eigenvalue weighted by Gasteiger charge is 2.16. The second-order valence-electron chi connectivity index (χ2n) is 3.37. The molecule has 17 heavy (non-hydrogen) atoms. The standard InChI is InChI=1S/C12H15FO4/c1-3-5-17-10-6-8(12(14)15)9(13)7-11(10)16-4-2/h6-7H,3-5H2,1-2H3,(H,14,15). The van der Waals surface area contributed by atoms with Crippen LogP contribution < -0.4 is 9.47 Å². The molecule has 4 nitrogen and oxygen atoms in total. The van der Waals surface area contributed by atoms with E-state index < -0.39 is 17.3 Å². The molecule has 0 aromatic heterocycles. The van der Waals surface area contributed by atoms with Gasteiger partial charge in [-0.25, -0.2) is 9.18 Å². The van der Waals surface area contributed by atoms with E-state index in [0.29, 0.717) is 13.2 Å². The van der Waals surface area contributed by atoms with Gasteiger partial charge in [0.2, 0.25) is 0 Å². The van der Waals surface area contributed by atoms with Crippen molar-refractivity contribution in [2.75, 3.05) is 13.2 Å². The van der Waals surface area contributed by atoms with Gasteiger partial charge < -0.3 is 14.6 Å². The molecule has 0 aliphatic rings. The van der Waals surface area contributed by atoms with Gasteiger partial charge in [0, 0.05) is 12.1 Å². The van der Waals surface area contributed by atoms with Gasteiger partial charge in [-0.05, 0) is 13.3 Å². The molecule has 0 bridgehead atoms. The smallest absolute Gasteiger partial charge is 0.338 e. The summed E-state index contributed by atoms with van der Waals surface area (Å²) in [5.74, 6) is -1.67. The molecule has 1 aromatic carbocycles. The molecule has 0 fully saturated rings. The maximum absolute atomic E-state index is 13.4. The van der Waals surface area contributed by atoms with E-state index in [0.717, 1.165) is 18.6 Å². The van der Waals surface area contributed by atoms with E-state index >= 15 is 0 Å². The van der Waals surface area contributed by atoms with Gasteiger partial charge in [0.1, 0.15) is 5.82 Å². The summed E-state index contributed by atoms with van der Waals surface area (Å²) in [5, 5.41) is 8.80. The lowest BCUT2D eigenvalue weighted by Crippen LogP contribution is -2.05. The van der Waals surface area contributed by atoms with Crippen molar-refractivity contribution >= 4 is 5.97 Å². The van der Waals surface area contributed by atoms with Crippen LogP contribution in [0.5, 0.6) is 11.5 Å². The molecule has 5 heteroatoms. The van der Waals surface area contributed by atoms with E-state index in [2.05, 4.69) is 0 Å². The van der Waals surface area contributed by atoms with Gasteiger partial charge in [-0.2, -0.15) is 0 Å². The van der Waals surface area contributed by atoms with E-state index in [4.69, 9.17) is 14.6 Å². The lowest BCUT2D eigenvalue weighted by Gasteiger charge is -2.12. The van der Waals surface area contributed by atoms with Crippen LogP contribution in [0.4, 0.5) is 4.39 Å². The molecule has 0 amide bonds. The number of hydrogen-bond acceptors (Lipinski definition) is 3. The van der Waals surface area contributed by atoms with Gasteiger partial charge in [0.05, 0.1) is 18.8 Å². The van der Waals surface area contributed by atoms with E-state index in [1.807, 2.05) is 6.92 Å². The second-order valence-corrected chi connectivity index (χ2v) is 3.37. The van der Waals surface area contributed by atoms with Crippen LogP contribution in [0, 0.1) is 5.82 Å². The number of carboxylic acids is 1. The summed E-state index contributed by atoms with van der Waals surface area (Å²) >= 11 is 0. The summed E-state index contributed by atoms with van der Waals surface area (Å²) in [5.41, 5.74) is -0.417. The Hall–Kier alpha value is -1.78. The Morgan fingerprint density at radius 1 is 1.29 bits per heavy atom. The summed E-state index contributed by atoms with van der Waals surface area (Å²) in [6.07, 6.45) is 0.769. The quantitative estimate of drug-likeness (QED) is 0.833. The Kier molecular flexibility index (Phi) is 4.75. The minimum atomic E-state index is -1.33. The van der Waals surface area contributed by atoms with Crippen molar-refractivity contribution < 1.29 is 23.8 Å². The summed E-state index contributed by atoms with van der Waals surface area (Å²) < 4.78 is 23.9. The third-order valence-electron chi connectivity index (χ3n) is 2.03. The molecule has 1 aromatic rings. The highest BCUT2D eigenvalue weighted by Crippen LogP contribution is 2.30. The summed E-state index contributed by atoms with van der Waals surface area (Å²) in [4.78, 5) is 10.8. The second kappa shape index (κ2) is 6.08. The van der Waals surface area contributed by atoms with Crippen LogP contribution in [-0.2, 0) is 0 Å². The molecule has 1 N–H and O–H groups in total. The number of rotatable bonds is 6. The van der Waals surface area contributed by atoms with Gasteiger partial charge in [-0.15, -0.1) is 0 Å². The first-order valence-corrected chi connectivity index (χ1v) is 5.42. The van der Waals surface area contributed by atoms with Crippen molar-refractivity contribution in [1.82, 2.24) is 0 Å². The lowest BCUT2D eigenvalue weighted by molar-refractivity contribution is 0.0691. The number of carboxylic acid groups (broad SMARTS) is 1. The van der Waals surface area contributed by atoms with E-state index in [1.165, 1.54) is 0 Å². The number of aromatic carboxylic acids is 1. The molecule has 0 aliphatic carbocycles. The first-order chi connectivity index (χ1) is 8.10. The van der Waals surface area contributed by atoms with Gasteiger partial charge in [-0.3, -0.25) is 0 Å². The maximum atomic E-state index is 13.4. The van der Waals surface area contributed by atoms with Gasteiger partial charge in [-0.1, -0.05) is 6.92 Å². The number of ether oxygens (including phenoxy) is 2. The molecule has 0 unspecified atom stereocenters. The molecule has 1 rings (SSSR count).